The van der Waals surface area contributed by atoms with Crippen LogP contribution in [0.5, 0.6) is 0 Å². The number of anilines is 2. The van der Waals surface area contributed by atoms with E-state index in [0.29, 0.717) is 5.69 Å². The fraction of sp³-hybridized carbons (Fsp3) is 0.421. The van der Waals surface area contributed by atoms with Gasteiger partial charge in [0.15, 0.2) is 0 Å². The van der Waals surface area contributed by atoms with Crippen molar-refractivity contribution in [1.82, 2.24) is 9.88 Å². The van der Waals surface area contributed by atoms with Crippen molar-refractivity contribution < 1.29 is 8.42 Å². The Morgan fingerprint density at radius 3 is 2.58 bits per heavy atom. The van der Waals surface area contributed by atoms with Crippen LogP contribution >= 0.6 is 0 Å². The summed E-state index contributed by atoms with van der Waals surface area (Å²) in [7, 11) is -3.62. The van der Waals surface area contributed by atoms with E-state index in [1.807, 2.05) is 19.1 Å². The van der Waals surface area contributed by atoms with E-state index >= 15 is 0 Å². The van der Waals surface area contributed by atoms with Crippen LogP contribution in [0, 0.1) is 6.92 Å². The van der Waals surface area contributed by atoms with E-state index in [9.17, 15) is 8.42 Å². The van der Waals surface area contributed by atoms with E-state index in [-0.39, 0.29) is 4.90 Å². The number of sulfonamides is 1. The van der Waals surface area contributed by atoms with E-state index in [2.05, 4.69) is 26.4 Å². The van der Waals surface area contributed by atoms with Crippen molar-refractivity contribution in [2.45, 2.75) is 25.2 Å². The first-order chi connectivity index (χ1) is 12.5. The normalized spacial score (nSPS) is 15.8. The maximum absolute atomic E-state index is 12.6. The molecule has 0 saturated carbocycles. The van der Waals surface area contributed by atoms with Gasteiger partial charge in [0.1, 0.15) is 0 Å². The molecule has 2 heterocycles. The first-order valence-electron chi connectivity index (χ1n) is 9.00. The largest absolute Gasteiger partial charge is 0.368 e. The highest BCUT2D eigenvalue weighted by molar-refractivity contribution is 7.92. The molecule has 1 N–H and O–H groups in total. The zero-order chi connectivity index (χ0) is 18.6. The second-order valence-corrected chi connectivity index (χ2v) is 8.36. The predicted octanol–water partition coefficient (Wildman–Crippen LogP) is 2.72. The van der Waals surface area contributed by atoms with E-state index in [1.54, 1.807) is 30.6 Å². The molecule has 7 heteroatoms. The summed E-state index contributed by atoms with van der Waals surface area (Å²) >= 11 is 0. The van der Waals surface area contributed by atoms with E-state index in [0.717, 1.165) is 50.4 Å². The molecule has 1 aromatic carbocycles. The first kappa shape index (κ1) is 18.7. The third-order valence-corrected chi connectivity index (χ3v) is 5.93. The molecule has 1 aromatic heterocycles. The average Bonchev–Trinajstić information content (AvgIpc) is 2.62. The molecular weight excluding hydrogens is 348 g/mol. The minimum absolute atomic E-state index is 0.260. The lowest BCUT2D eigenvalue weighted by molar-refractivity contribution is 0.258. The predicted molar refractivity (Wildman–Crippen MR) is 105 cm³/mol. The number of hydrogen-bond acceptors (Lipinski definition) is 5. The number of hydrogen-bond donors (Lipinski definition) is 1. The molecule has 0 spiro atoms. The van der Waals surface area contributed by atoms with Gasteiger partial charge in [-0.15, -0.1) is 0 Å². The molecule has 0 aliphatic carbocycles. The van der Waals surface area contributed by atoms with Gasteiger partial charge in [-0.2, -0.15) is 0 Å². The fourth-order valence-corrected chi connectivity index (χ4v) is 4.34. The van der Waals surface area contributed by atoms with E-state index < -0.39 is 10.0 Å². The summed E-state index contributed by atoms with van der Waals surface area (Å²) in [6.07, 6.45) is 4.50. The lowest BCUT2D eigenvalue weighted by atomic mass is 10.2. The number of piperazine rings is 1. The van der Waals surface area contributed by atoms with Crippen molar-refractivity contribution in [2.24, 2.45) is 0 Å². The molecule has 2 aromatic rings. The van der Waals surface area contributed by atoms with Gasteiger partial charge >= 0.3 is 0 Å². The molecule has 1 aliphatic rings. The third-order valence-electron chi connectivity index (χ3n) is 4.55. The number of aryl methyl sites for hydroxylation is 1. The van der Waals surface area contributed by atoms with Crippen molar-refractivity contribution in [3.8, 4) is 0 Å². The standard InChI is InChI=1S/C19H26N4O2S/c1-3-7-22-8-10-23(11-9-22)18-13-17(14-20-15-18)21-26(24,25)19-6-4-5-16(2)12-19/h4-6,12-15,21H,3,7-11H2,1-2H3. The summed E-state index contributed by atoms with van der Waals surface area (Å²) < 4.78 is 27.8. The highest BCUT2D eigenvalue weighted by atomic mass is 32.2. The molecular formula is C19H26N4O2S. The van der Waals surface area contributed by atoms with Crippen LogP contribution in [0.3, 0.4) is 0 Å². The van der Waals surface area contributed by atoms with Crippen LogP contribution in [0.4, 0.5) is 11.4 Å². The maximum Gasteiger partial charge on any atom is 0.261 e. The Labute approximate surface area is 155 Å². The molecule has 3 rings (SSSR count). The van der Waals surface area contributed by atoms with Crippen molar-refractivity contribution in [2.75, 3.05) is 42.3 Å². The molecule has 6 nitrogen and oxygen atoms in total. The van der Waals surface area contributed by atoms with Gasteiger partial charge in [-0.1, -0.05) is 19.1 Å². The number of pyridine rings is 1. The van der Waals surface area contributed by atoms with Gasteiger partial charge in [-0.3, -0.25) is 14.6 Å². The van der Waals surface area contributed by atoms with Gasteiger partial charge in [0.05, 0.1) is 28.7 Å². The highest BCUT2D eigenvalue weighted by Gasteiger charge is 2.18. The summed E-state index contributed by atoms with van der Waals surface area (Å²) in [5, 5.41) is 0. The average molecular weight is 375 g/mol. The van der Waals surface area contributed by atoms with Crippen molar-refractivity contribution >= 4 is 21.4 Å². The van der Waals surface area contributed by atoms with Gasteiger partial charge in [0, 0.05) is 26.2 Å². The summed E-state index contributed by atoms with van der Waals surface area (Å²) in [5.41, 5.74) is 2.34. The Morgan fingerprint density at radius 2 is 1.88 bits per heavy atom. The fourth-order valence-electron chi connectivity index (χ4n) is 3.20. The van der Waals surface area contributed by atoms with Crippen LogP contribution < -0.4 is 9.62 Å². The van der Waals surface area contributed by atoms with Gasteiger partial charge in [-0.05, 0) is 43.7 Å². The molecule has 140 valence electrons. The van der Waals surface area contributed by atoms with Crippen LogP contribution in [0.15, 0.2) is 47.6 Å². The number of benzene rings is 1. The molecule has 1 fully saturated rings. The molecule has 1 aliphatic heterocycles. The Morgan fingerprint density at radius 1 is 1.12 bits per heavy atom. The maximum atomic E-state index is 12.6. The summed E-state index contributed by atoms with van der Waals surface area (Å²) in [5.74, 6) is 0. The van der Waals surface area contributed by atoms with Gasteiger partial charge in [0.25, 0.3) is 10.0 Å². The summed E-state index contributed by atoms with van der Waals surface area (Å²) in [6, 6.07) is 8.73. The zero-order valence-electron chi connectivity index (χ0n) is 15.4. The van der Waals surface area contributed by atoms with Gasteiger partial charge in [0.2, 0.25) is 0 Å². The van der Waals surface area contributed by atoms with E-state index in [4.69, 9.17) is 0 Å². The van der Waals surface area contributed by atoms with Gasteiger partial charge < -0.3 is 4.90 Å². The molecule has 0 bridgehead atoms. The Hall–Kier alpha value is -2.12. The second kappa shape index (κ2) is 8.05. The lowest BCUT2D eigenvalue weighted by Crippen LogP contribution is -2.46. The Bertz CT molecular complexity index is 846. The smallest absolute Gasteiger partial charge is 0.261 e. The number of aromatic nitrogens is 1. The third kappa shape index (κ3) is 4.53. The van der Waals surface area contributed by atoms with Crippen LogP contribution in [0.1, 0.15) is 18.9 Å². The van der Waals surface area contributed by atoms with Crippen LogP contribution in [-0.4, -0.2) is 51.0 Å². The number of nitrogens with zero attached hydrogens (tertiary/aromatic N) is 3. The van der Waals surface area contributed by atoms with Gasteiger partial charge in [-0.25, -0.2) is 8.42 Å². The quantitative estimate of drug-likeness (QED) is 0.842. The lowest BCUT2D eigenvalue weighted by Gasteiger charge is -2.35. The Kier molecular flexibility index (Phi) is 5.78. The van der Waals surface area contributed by atoms with Crippen molar-refractivity contribution in [3.05, 3.63) is 48.3 Å². The number of nitrogens with one attached hydrogen (secondary N) is 1. The molecule has 0 amide bonds. The van der Waals surface area contributed by atoms with Crippen molar-refractivity contribution in [1.29, 1.82) is 0 Å². The summed E-state index contributed by atoms with van der Waals surface area (Å²) in [4.78, 5) is 9.19. The topological polar surface area (TPSA) is 65.5 Å². The molecule has 0 radical (unpaired) electrons. The number of rotatable bonds is 6. The van der Waals surface area contributed by atoms with Crippen LogP contribution in [0.2, 0.25) is 0 Å². The van der Waals surface area contributed by atoms with E-state index in [1.165, 1.54) is 0 Å². The van der Waals surface area contributed by atoms with Crippen LogP contribution in [0.25, 0.3) is 0 Å². The minimum atomic E-state index is -3.62. The van der Waals surface area contributed by atoms with Crippen molar-refractivity contribution in [3.63, 3.8) is 0 Å². The Balaban J connectivity index is 1.72. The monoisotopic (exact) mass is 374 g/mol. The molecule has 0 atom stereocenters. The molecule has 0 unspecified atom stereocenters. The SMILES string of the molecule is CCCN1CCN(c2cncc(NS(=O)(=O)c3cccc(C)c3)c2)CC1. The zero-order valence-corrected chi connectivity index (χ0v) is 16.2. The molecule has 26 heavy (non-hydrogen) atoms. The minimum Gasteiger partial charge on any atom is -0.368 e. The van der Waals surface area contributed by atoms with Crippen LogP contribution in [-0.2, 0) is 10.0 Å². The summed E-state index contributed by atoms with van der Waals surface area (Å²) in [6.45, 7) is 9.09. The highest BCUT2D eigenvalue weighted by Crippen LogP contribution is 2.22. The first-order valence-corrected chi connectivity index (χ1v) is 10.5. The second-order valence-electron chi connectivity index (χ2n) is 6.68. The molecule has 1 saturated heterocycles.